The first-order valence-electron chi connectivity index (χ1n) is 10.7. The average molecular weight is 473 g/mol. The number of hydrogen-bond acceptors (Lipinski definition) is 3. The Labute approximate surface area is 197 Å². The van der Waals surface area contributed by atoms with Crippen LogP contribution in [0.5, 0.6) is 0 Å². The highest BCUT2D eigenvalue weighted by molar-refractivity contribution is 6.34. The second-order valence-corrected chi connectivity index (χ2v) is 9.66. The number of fused-ring (bicyclic) bond motifs is 1. The monoisotopic (exact) mass is 472 g/mol. The van der Waals surface area contributed by atoms with Crippen LogP contribution in [-0.2, 0) is 16.7 Å². The summed E-state index contributed by atoms with van der Waals surface area (Å²) >= 11 is 6.59. The molecule has 0 N–H and O–H groups in total. The smallest absolute Gasteiger partial charge is 0.156 e. The lowest BCUT2D eigenvalue weighted by molar-refractivity contribution is 0.188. The van der Waals surface area contributed by atoms with E-state index in [0.717, 1.165) is 0 Å². The molecule has 2 heterocycles. The summed E-state index contributed by atoms with van der Waals surface area (Å²) in [5.74, 6) is 0.184. The largest absolute Gasteiger partial charge is 0.383 e. The number of ether oxygens (including phenoxy) is 1. The van der Waals surface area contributed by atoms with E-state index in [9.17, 15) is 4.39 Å². The van der Waals surface area contributed by atoms with Gasteiger partial charge in [0.15, 0.2) is 5.82 Å². The van der Waals surface area contributed by atoms with Gasteiger partial charge in [-0.2, -0.15) is 0 Å². The Kier molecular flexibility index (Phi) is 6.05. The summed E-state index contributed by atoms with van der Waals surface area (Å²) in [6, 6.07) is 6.33. The number of aromatic nitrogens is 4. The van der Waals surface area contributed by atoms with Gasteiger partial charge in [0.2, 0.25) is 0 Å². The van der Waals surface area contributed by atoms with Crippen molar-refractivity contribution in [2.45, 2.75) is 46.6 Å². The van der Waals surface area contributed by atoms with Gasteiger partial charge in [0.1, 0.15) is 17.5 Å². The van der Waals surface area contributed by atoms with E-state index in [4.69, 9.17) is 16.3 Å². The number of aryl methyl sites for hydroxylation is 2. The predicted octanol–water partition coefficient (Wildman–Crippen LogP) is 6.38. The van der Waals surface area contributed by atoms with Crippen LogP contribution in [0.1, 0.15) is 38.0 Å². The van der Waals surface area contributed by atoms with Crippen molar-refractivity contribution in [3.05, 3.63) is 64.3 Å². The third-order valence-electron chi connectivity index (χ3n) is 5.76. The molecule has 0 aliphatic rings. The Morgan fingerprint density at radius 1 is 1.09 bits per heavy atom. The maximum atomic E-state index is 16.4. The maximum absolute atomic E-state index is 16.4. The van der Waals surface area contributed by atoms with Gasteiger partial charge in [-0.25, -0.2) is 8.78 Å². The number of methoxy groups -OCH3 is 1. The van der Waals surface area contributed by atoms with Crippen LogP contribution >= 0.6 is 11.6 Å². The lowest BCUT2D eigenvalue weighted by Gasteiger charge is -2.22. The summed E-state index contributed by atoms with van der Waals surface area (Å²) < 4.78 is 39.8. The number of halogens is 3. The van der Waals surface area contributed by atoms with E-state index in [2.05, 4.69) is 10.2 Å². The molecule has 2 aromatic heterocycles. The maximum Gasteiger partial charge on any atom is 0.156 e. The molecule has 0 aliphatic heterocycles. The van der Waals surface area contributed by atoms with Gasteiger partial charge in [-0.05, 0) is 49.2 Å². The molecule has 0 saturated carbocycles. The second kappa shape index (κ2) is 8.54. The van der Waals surface area contributed by atoms with Crippen LogP contribution in [-0.4, -0.2) is 33.0 Å². The van der Waals surface area contributed by atoms with E-state index in [-0.39, 0.29) is 16.0 Å². The van der Waals surface area contributed by atoms with Crippen LogP contribution < -0.4 is 0 Å². The summed E-state index contributed by atoms with van der Waals surface area (Å²) in [5, 5.41) is 9.43. The summed E-state index contributed by atoms with van der Waals surface area (Å²) in [5.41, 5.74) is 1.78. The molecule has 4 aromatic rings. The molecule has 33 heavy (non-hydrogen) atoms. The van der Waals surface area contributed by atoms with Crippen molar-refractivity contribution in [1.82, 2.24) is 19.3 Å². The average Bonchev–Trinajstić information content (AvgIpc) is 3.29. The zero-order chi connectivity index (χ0) is 24.1. The minimum Gasteiger partial charge on any atom is -0.383 e. The van der Waals surface area contributed by atoms with Gasteiger partial charge in [-0.15, -0.1) is 10.2 Å². The molecular weight excluding hydrogens is 446 g/mol. The molecule has 2 aromatic carbocycles. The topological polar surface area (TPSA) is 44.9 Å². The normalized spacial score (nSPS) is 12.2. The van der Waals surface area contributed by atoms with Crippen LogP contribution in [0.2, 0.25) is 5.02 Å². The predicted molar refractivity (Wildman–Crippen MR) is 127 cm³/mol. The molecule has 5 nitrogen and oxygen atoms in total. The van der Waals surface area contributed by atoms with E-state index < -0.39 is 11.6 Å². The summed E-state index contributed by atoms with van der Waals surface area (Å²) in [4.78, 5) is 0. The highest BCUT2D eigenvalue weighted by atomic mass is 35.5. The minimum absolute atomic E-state index is 0.152. The Morgan fingerprint density at radius 2 is 1.82 bits per heavy atom. The standard InChI is InChI=1S/C25H27ClF2N4O/c1-14-11-19(26)21(22(28)23(14)32-15(2)29-30-24(32)25(3,4)5)18-12-16(27)13-20-17(18)7-8-31(20)9-10-33-6/h7-8,11-13H,9-10H2,1-6H3. The first-order chi connectivity index (χ1) is 15.5. The fraction of sp³-hybridized carbons (Fsp3) is 0.360. The van der Waals surface area contributed by atoms with Crippen molar-refractivity contribution >= 4 is 22.5 Å². The lowest BCUT2D eigenvalue weighted by atomic mass is 9.94. The Hall–Kier alpha value is -2.77. The van der Waals surface area contributed by atoms with Crippen molar-refractivity contribution in [3.8, 4) is 16.8 Å². The Bertz CT molecular complexity index is 1350. The third kappa shape index (κ3) is 4.04. The van der Waals surface area contributed by atoms with Gasteiger partial charge in [0.25, 0.3) is 0 Å². The van der Waals surface area contributed by atoms with Crippen molar-refractivity contribution in [2.75, 3.05) is 13.7 Å². The highest BCUT2D eigenvalue weighted by Gasteiger charge is 2.28. The van der Waals surface area contributed by atoms with Gasteiger partial charge in [0, 0.05) is 36.2 Å². The van der Waals surface area contributed by atoms with Crippen LogP contribution in [0.25, 0.3) is 27.7 Å². The van der Waals surface area contributed by atoms with E-state index in [1.54, 1.807) is 31.6 Å². The van der Waals surface area contributed by atoms with Gasteiger partial charge in [-0.1, -0.05) is 32.4 Å². The lowest BCUT2D eigenvalue weighted by Crippen LogP contribution is -2.20. The van der Waals surface area contributed by atoms with Gasteiger partial charge in [-0.3, -0.25) is 4.57 Å². The zero-order valence-electron chi connectivity index (χ0n) is 19.6. The van der Waals surface area contributed by atoms with Gasteiger partial charge < -0.3 is 9.30 Å². The zero-order valence-corrected chi connectivity index (χ0v) is 20.4. The number of rotatable bonds is 5. The molecule has 0 fully saturated rings. The number of benzene rings is 2. The van der Waals surface area contributed by atoms with Crippen molar-refractivity contribution in [1.29, 1.82) is 0 Å². The van der Waals surface area contributed by atoms with Crippen LogP contribution in [0.3, 0.4) is 0 Å². The van der Waals surface area contributed by atoms with Crippen LogP contribution in [0, 0.1) is 25.5 Å². The molecular formula is C25H27ClF2N4O. The molecule has 174 valence electrons. The molecule has 0 radical (unpaired) electrons. The van der Waals surface area contributed by atoms with E-state index >= 15 is 4.39 Å². The summed E-state index contributed by atoms with van der Waals surface area (Å²) in [7, 11) is 1.61. The van der Waals surface area contributed by atoms with Crippen LogP contribution in [0.4, 0.5) is 8.78 Å². The quantitative estimate of drug-likeness (QED) is 0.338. The third-order valence-corrected chi connectivity index (χ3v) is 6.06. The fourth-order valence-electron chi connectivity index (χ4n) is 4.22. The molecule has 8 heteroatoms. The molecule has 0 unspecified atom stereocenters. The SMILES string of the molecule is COCCn1ccc2c(-c3c(Cl)cc(C)c(-n4c(C)nnc4C(C)(C)C)c3F)cc(F)cc21. The van der Waals surface area contributed by atoms with Crippen molar-refractivity contribution in [2.24, 2.45) is 0 Å². The molecule has 0 saturated heterocycles. The molecule has 0 aliphatic carbocycles. The molecule has 0 bridgehead atoms. The van der Waals surface area contributed by atoms with Crippen LogP contribution in [0.15, 0.2) is 30.5 Å². The van der Waals surface area contributed by atoms with Gasteiger partial charge in [0.05, 0.1) is 22.8 Å². The fourth-order valence-corrected chi connectivity index (χ4v) is 4.57. The molecule has 0 amide bonds. The molecule has 4 rings (SSSR count). The number of nitrogens with zero attached hydrogens (tertiary/aromatic N) is 4. The molecule has 0 atom stereocenters. The van der Waals surface area contributed by atoms with E-state index in [1.807, 2.05) is 37.6 Å². The van der Waals surface area contributed by atoms with E-state index in [0.29, 0.717) is 52.5 Å². The first-order valence-corrected chi connectivity index (χ1v) is 11.1. The second-order valence-electron chi connectivity index (χ2n) is 9.26. The number of hydrogen-bond donors (Lipinski definition) is 0. The Balaban J connectivity index is 2.02. The Morgan fingerprint density at radius 3 is 2.48 bits per heavy atom. The minimum atomic E-state index is -0.537. The summed E-state index contributed by atoms with van der Waals surface area (Å²) in [6.45, 7) is 10.6. The van der Waals surface area contributed by atoms with Gasteiger partial charge >= 0.3 is 0 Å². The summed E-state index contributed by atoms with van der Waals surface area (Å²) in [6.07, 6.45) is 1.84. The van der Waals surface area contributed by atoms with Crippen molar-refractivity contribution in [3.63, 3.8) is 0 Å². The molecule has 0 spiro atoms. The highest BCUT2D eigenvalue weighted by Crippen LogP contribution is 2.41. The van der Waals surface area contributed by atoms with Crippen molar-refractivity contribution < 1.29 is 13.5 Å². The first kappa shape index (κ1) is 23.4. The van der Waals surface area contributed by atoms with E-state index in [1.165, 1.54) is 12.1 Å².